The number of carbonyl (C=O) groups excluding carboxylic acids is 2. The molecule has 0 bridgehead atoms. The Hall–Kier alpha value is -3.08. The Morgan fingerprint density at radius 2 is 1.07 bits per heavy atom. The second kappa shape index (κ2) is 21.8. The summed E-state index contributed by atoms with van der Waals surface area (Å²) in [6, 6.07) is 19.7. The summed E-state index contributed by atoms with van der Waals surface area (Å²) in [4.78, 5) is 30.9. The smallest absolute Gasteiger partial charge is 0.266 e. The molecule has 1 atom stereocenters. The second-order valence-electron chi connectivity index (χ2n) is 15.8. The molecular weight excluding hydrogens is 821 g/mol. The van der Waals surface area contributed by atoms with Crippen molar-refractivity contribution in [3.8, 4) is 0 Å². The molecule has 5 aliphatic rings. The minimum atomic E-state index is -3.92. The molecule has 0 aliphatic carbocycles. The van der Waals surface area contributed by atoms with Crippen LogP contribution in [-0.2, 0) is 71.4 Å². The molecule has 2 aromatic rings. The lowest BCUT2D eigenvalue weighted by Crippen LogP contribution is -2.61. The van der Waals surface area contributed by atoms with Crippen molar-refractivity contribution in [2.45, 2.75) is 112 Å². The largest absolute Gasteiger partial charge is 0.381 e. The average Bonchev–Trinajstić information content (AvgIpc) is 3.31. The summed E-state index contributed by atoms with van der Waals surface area (Å²) >= 11 is 0. The minimum Gasteiger partial charge on any atom is -0.381 e. The highest BCUT2D eigenvalue weighted by atomic mass is 32.2. The summed E-state index contributed by atoms with van der Waals surface area (Å²) in [5.74, 6) is -1.52. The Labute approximate surface area is 353 Å². The first-order chi connectivity index (χ1) is 29.0. The molecule has 2 amide bonds. The van der Waals surface area contributed by atoms with Gasteiger partial charge in [0.1, 0.15) is 0 Å². The zero-order valence-electron chi connectivity index (χ0n) is 34.1. The Bertz CT molecular complexity index is 1860. The zero-order chi connectivity index (χ0) is 42.5. The molecule has 7 rings (SSSR count). The average molecular weight is 881 g/mol. The Balaban J connectivity index is 0.000000205. The SMILES string of the molecule is O=C(NO)C1(S(=O)(=O)N2CCC(OCc3ccccc3)CC2)CCOCC1.O=C(NOC1CCCCO1)C1(S(=O)(=O)N2CCC(OCc3ccccc3)CC2)CCOCC1. The van der Waals surface area contributed by atoms with E-state index in [1.807, 2.05) is 60.7 Å². The Morgan fingerprint density at radius 3 is 1.47 bits per heavy atom. The first-order valence-corrected chi connectivity index (χ1v) is 23.9. The quantitative estimate of drug-likeness (QED) is 0.184. The van der Waals surface area contributed by atoms with Gasteiger partial charge in [-0.25, -0.2) is 41.2 Å². The van der Waals surface area contributed by atoms with Crippen molar-refractivity contribution in [1.82, 2.24) is 19.6 Å². The Kier molecular flexibility index (Phi) is 16.9. The number of piperidine rings is 2. The van der Waals surface area contributed by atoms with Crippen molar-refractivity contribution in [2.75, 3.05) is 59.2 Å². The third kappa shape index (κ3) is 11.1. The standard InChI is InChI=1S/C23H34N2O7S.C18H26N2O6S/c26-22(24-32-21-8-4-5-15-30-21)23(11-16-29-17-12-23)33(27,28)25-13-9-20(10-14-25)31-18-19-6-2-1-3-7-19;21-17(19-22)18(8-12-25-13-9-18)27(23,24)20-10-6-16(7-11-20)26-14-15-4-2-1-3-5-15/h1-3,6-7,20-21H,4-5,8-18H2,(H,24,26);1-5,16,22H,6-14H2,(H,19,21). The molecule has 60 heavy (non-hydrogen) atoms. The number of ether oxygens (including phenoxy) is 5. The molecule has 2 aromatic carbocycles. The minimum absolute atomic E-state index is 0.0112. The van der Waals surface area contributed by atoms with Crippen molar-refractivity contribution >= 4 is 31.9 Å². The van der Waals surface area contributed by atoms with Crippen LogP contribution in [0.2, 0.25) is 0 Å². The van der Waals surface area contributed by atoms with Crippen LogP contribution in [0.15, 0.2) is 60.7 Å². The summed E-state index contributed by atoms with van der Waals surface area (Å²) in [6.45, 7) is 3.56. The molecular formula is C41H60N4O13S2. The van der Waals surface area contributed by atoms with Crippen LogP contribution in [0.1, 0.15) is 81.8 Å². The molecule has 334 valence electrons. The second-order valence-corrected chi connectivity index (χ2v) is 20.3. The maximum absolute atomic E-state index is 13.7. The van der Waals surface area contributed by atoms with E-state index in [0.717, 1.165) is 24.0 Å². The van der Waals surface area contributed by atoms with Crippen LogP contribution in [0.3, 0.4) is 0 Å². The van der Waals surface area contributed by atoms with Crippen LogP contribution >= 0.6 is 0 Å². The topological polar surface area (TPSA) is 209 Å². The number of hydrogen-bond donors (Lipinski definition) is 3. The number of nitrogens with zero attached hydrogens (tertiary/aromatic N) is 2. The van der Waals surface area contributed by atoms with E-state index < -0.39 is 47.6 Å². The van der Waals surface area contributed by atoms with Crippen LogP contribution in [0.25, 0.3) is 0 Å². The predicted molar refractivity (Wildman–Crippen MR) is 218 cm³/mol. The highest BCUT2D eigenvalue weighted by molar-refractivity contribution is 7.91. The molecule has 19 heteroatoms. The van der Waals surface area contributed by atoms with Crippen LogP contribution in [0, 0.1) is 0 Å². The van der Waals surface area contributed by atoms with Crippen LogP contribution < -0.4 is 11.0 Å². The molecule has 5 aliphatic heterocycles. The van der Waals surface area contributed by atoms with Gasteiger partial charge in [0.2, 0.25) is 20.0 Å². The summed E-state index contributed by atoms with van der Waals surface area (Å²) < 4.78 is 81.4. The fourth-order valence-corrected chi connectivity index (χ4v) is 12.6. The van der Waals surface area contributed by atoms with E-state index in [4.69, 9.17) is 33.7 Å². The first-order valence-electron chi connectivity index (χ1n) is 21.0. The van der Waals surface area contributed by atoms with Gasteiger partial charge in [-0.2, -0.15) is 0 Å². The van der Waals surface area contributed by atoms with Gasteiger partial charge in [-0.3, -0.25) is 14.8 Å². The summed E-state index contributed by atoms with van der Waals surface area (Å²) in [7, 11) is -7.85. The van der Waals surface area contributed by atoms with Crippen molar-refractivity contribution in [3.63, 3.8) is 0 Å². The first kappa shape index (κ1) is 46.4. The molecule has 1 unspecified atom stereocenters. The number of carbonyl (C=O) groups is 2. The van der Waals surface area contributed by atoms with E-state index in [1.165, 1.54) is 8.61 Å². The van der Waals surface area contributed by atoms with Crippen molar-refractivity contribution in [1.29, 1.82) is 0 Å². The predicted octanol–water partition coefficient (Wildman–Crippen LogP) is 3.17. The van der Waals surface area contributed by atoms with Crippen molar-refractivity contribution in [3.05, 3.63) is 71.8 Å². The maximum Gasteiger partial charge on any atom is 0.266 e. The maximum atomic E-state index is 13.7. The lowest BCUT2D eigenvalue weighted by Gasteiger charge is -2.41. The lowest BCUT2D eigenvalue weighted by molar-refractivity contribution is -0.202. The van der Waals surface area contributed by atoms with Gasteiger partial charge >= 0.3 is 0 Å². The van der Waals surface area contributed by atoms with Crippen molar-refractivity contribution < 1.29 is 60.2 Å². The molecule has 0 saturated carbocycles. The number of hydroxylamine groups is 2. The molecule has 0 radical (unpaired) electrons. The number of amides is 2. The van der Waals surface area contributed by atoms with E-state index in [0.29, 0.717) is 78.1 Å². The summed E-state index contributed by atoms with van der Waals surface area (Å²) in [5, 5.41) is 9.09. The van der Waals surface area contributed by atoms with Gasteiger partial charge in [0.05, 0.1) is 25.4 Å². The third-order valence-electron chi connectivity index (χ3n) is 12.1. The highest BCUT2D eigenvalue weighted by Crippen LogP contribution is 2.36. The highest BCUT2D eigenvalue weighted by Gasteiger charge is 2.56. The normalized spacial score (nSPS) is 23.4. The van der Waals surface area contributed by atoms with Gasteiger partial charge in [0, 0.05) is 91.3 Å². The van der Waals surface area contributed by atoms with E-state index in [9.17, 15) is 26.4 Å². The fourth-order valence-electron chi connectivity index (χ4n) is 8.27. The number of nitrogens with one attached hydrogen (secondary N) is 2. The van der Waals surface area contributed by atoms with Crippen LogP contribution in [-0.4, -0.2) is 130 Å². The lowest BCUT2D eigenvalue weighted by atomic mass is 9.98. The molecule has 5 fully saturated rings. The monoisotopic (exact) mass is 880 g/mol. The number of rotatable bonds is 14. The van der Waals surface area contributed by atoms with E-state index in [1.54, 1.807) is 5.48 Å². The fraction of sp³-hybridized carbons (Fsp3) is 0.659. The summed E-state index contributed by atoms with van der Waals surface area (Å²) in [5.41, 5.74) is 6.12. The zero-order valence-corrected chi connectivity index (χ0v) is 35.8. The molecule has 3 N–H and O–H groups in total. The van der Waals surface area contributed by atoms with E-state index >= 15 is 0 Å². The Morgan fingerprint density at radius 1 is 0.633 bits per heavy atom. The molecule has 5 saturated heterocycles. The van der Waals surface area contributed by atoms with Crippen LogP contribution in [0.4, 0.5) is 0 Å². The van der Waals surface area contributed by atoms with Gasteiger partial charge < -0.3 is 23.7 Å². The molecule has 0 aromatic heterocycles. The van der Waals surface area contributed by atoms with Gasteiger partial charge in [-0.1, -0.05) is 60.7 Å². The number of sulfonamides is 2. The number of hydrogen-bond acceptors (Lipinski definition) is 13. The third-order valence-corrected chi connectivity index (χ3v) is 17.3. The van der Waals surface area contributed by atoms with Gasteiger partial charge in [-0.05, 0) is 49.7 Å². The molecule has 0 spiro atoms. The van der Waals surface area contributed by atoms with E-state index in [2.05, 4.69) is 5.48 Å². The van der Waals surface area contributed by atoms with Crippen molar-refractivity contribution in [2.24, 2.45) is 0 Å². The molecule has 17 nitrogen and oxygen atoms in total. The van der Waals surface area contributed by atoms with Gasteiger partial charge in [0.25, 0.3) is 11.8 Å². The number of benzene rings is 2. The molecule has 5 heterocycles. The summed E-state index contributed by atoms with van der Waals surface area (Å²) in [6.07, 6.45) is 4.57. The van der Waals surface area contributed by atoms with Gasteiger partial charge in [-0.15, -0.1) is 0 Å². The van der Waals surface area contributed by atoms with Gasteiger partial charge in [0.15, 0.2) is 15.8 Å². The van der Waals surface area contributed by atoms with Crippen LogP contribution in [0.5, 0.6) is 0 Å². The van der Waals surface area contributed by atoms with E-state index in [-0.39, 0.29) is 64.3 Å².